The van der Waals surface area contributed by atoms with E-state index in [4.69, 9.17) is 24.9 Å². The second-order valence-corrected chi connectivity index (χ2v) is 17.5. The molecule has 0 unspecified atom stereocenters. The summed E-state index contributed by atoms with van der Waals surface area (Å²) in [5.41, 5.74) is 7.86. The maximum atomic E-state index is 13.7. The molecule has 0 saturated carbocycles. The zero-order chi connectivity index (χ0) is 48.7. The van der Waals surface area contributed by atoms with E-state index in [1.165, 1.54) is 9.80 Å². The zero-order valence-electron chi connectivity index (χ0n) is 38.2. The third-order valence-corrected chi connectivity index (χ3v) is 12.7. The average molecular weight is 1040 g/mol. The van der Waals surface area contributed by atoms with Crippen LogP contribution in [0.5, 0.6) is 5.75 Å². The Bertz CT molecular complexity index is 2620. The zero-order valence-corrected chi connectivity index (χ0v) is 40.4. The van der Waals surface area contributed by atoms with E-state index in [0.29, 0.717) is 41.0 Å². The van der Waals surface area contributed by atoms with Crippen LogP contribution >= 0.6 is 22.9 Å². The number of nitrogens with two attached hydrogens (primary N) is 1. The van der Waals surface area contributed by atoms with Crippen LogP contribution < -0.4 is 35.5 Å². The van der Waals surface area contributed by atoms with Crippen LogP contribution in [0.25, 0.3) is 22.3 Å². The number of carbonyl (C=O) groups excluding carboxylic acids is 6. The molecule has 7 N–H and O–H groups in total. The third-order valence-electron chi connectivity index (χ3n) is 12.0. The smallest absolute Gasteiger partial charge is 0.415 e. The highest BCUT2D eigenvalue weighted by molar-refractivity contribution is 14.1. The number of primary amides is 1. The summed E-state index contributed by atoms with van der Waals surface area (Å²) < 4.78 is 20.9. The van der Waals surface area contributed by atoms with E-state index in [1.54, 1.807) is 74.1 Å². The molecule has 2 aliphatic rings. The van der Waals surface area contributed by atoms with Crippen LogP contribution in [-0.2, 0) is 55.6 Å². The van der Waals surface area contributed by atoms with Crippen LogP contribution in [0.2, 0.25) is 0 Å². The molecular weight excluding hydrogens is 981 g/mol. The lowest BCUT2D eigenvalue weighted by Crippen LogP contribution is -2.51. The third kappa shape index (κ3) is 11.1. The number of anilines is 1. The molecule has 2 aliphatic heterocycles. The minimum Gasteiger partial charge on any atom is -0.458 e. The number of halogens is 1. The highest BCUT2D eigenvalue weighted by atomic mass is 127. The van der Waals surface area contributed by atoms with E-state index in [-0.39, 0.29) is 86.5 Å². The van der Waals surface area contributed by atoms with Crippen LogP contribution in [0.1, 0.15) is 74.8 Å². The lowest BCUT2D eigenvalue weighted by molar-refractivity contribution is -0.172. The van der Waals surface area contributed by atoms with Crippen LogP contribution in [0.15, 0.2) is 53.3 Å². The Kier molecular flexibility index (Phi) is 16.1. The van der Waals surface area contributed by atoms with Gasteiger partial charge in [0.2, 0.25) is 11.8 Å². The van der Waals surface area contributed by atoms with Gasteiger partial charge in [0, 0.05) is 78.8 Å². The number of cyclic esters (lactones) is 1. The lowest BCUT2D eigenvalue weighted by Gasteiger charge is -2.31. The number of ether oxygens (including phenoxy) is 3. The Labute approximate surface area is 400 Å². The van der Waals surface area contributed by atoms with Crippen molar-refractivity contribution in [1.82, 2.24) is 33.5 Å². The highest BCUT2D eigenvalue weighted by Gasteiger charge is 2.45. The van der Waals surface area contributed by atoms with E-state index in [2.05, 4.69) is 19.5 Å². The summed E-state index contributed by atoms with van der Waals surface area (Å²) in [6, 6.07) is 11.3. The quantitative estimate of drug-likeness (QED) is 0.0312. The number of carbonyl (C=O) groups is 6. The van der Waals surface area contributed by atoms with E-state index < -0.39 is 47.8 Å². The number of aryl methyl sites for hydroxylation is 1. The van der Waals surface area contributed by atoms with Gasteiger partial charge in [-0.15, -0.1) is 0 Å². The van der Waals surface area contributed by atoms with Crippen molar-refractivity contribution in [2.45, 2.75) is 90.8 Å². The standard InChI is InChI=1S/C46H56IN9O11/c1-7-29-30-20-28(15-16-34(30)51-38-31(29)22-56-36(38)21-33-32(41(56)59)24-65-42(60)46(33,64)8-2)67-45(63)55(6)19-18-54(5)44(62)66-23-26-11-13-27(14-12-26)50-39(57)35(10-9-17-49-43(48)61)52-40(58)37(53-47)25(3)4/h11-16,20-21,25,35,37,53,64H,7-10,17-19,22-24H2,1-6H3,(H,50,57)(H,52,58)(H3,48,49,61)/t35-,37-,46-/m0/s1. The normalized spacial score (nSPS) is 15.6. The molecule has 2 aromatic carbocycles. The molecule has 0 radical (unpaired) electrons. The molecule has 21 heteroatoms. The Hall–Kier alpha value is -6.33. The number of rotatable bonds is 18. The molecule has 358 valence electrons. The number of aliphatic hydroxyl groups is 1. The first-order chi connectivity index (χ1) is 31.9. The van der Waals surface area contributed by atoms with Gasteiger partial charge in [-0.25, -0.2) is 27.7 Å². The molecule has 0 fully saturated rings. The van der Waals surface area contributed by atoms with E-state index in [1.807, 2.05) is 43.6 Å². The molecule has 2 aromatic heterocycles. The summed E-state index contributed by atoms with van der Waals surface area (Å²) in [6.45, 7) is 7.83. The molecule has 20 nitrogen and oxygen atoms in total. The average Bonchev–Trinajstić information content (AvgIpc) is 3.67. The van der Waals surface area contributed by atoms with Gasteiger partial charge in [0.25, 0.3) is 5.56 Å². The fourth-order valence-corrected chi connectivity index (χ4v) is 8.97. The number of aromatic nitrogens is 2. The minimum absolute atomic E-state index is 0.0345. The number of esters is 1. The first kappa shape index (κ1) is 50.1. The van der Waals surface area contributed by atoms with Crippen molar-refractivity contribution in [2.75, 3.05) is 39.0 Å². The van der Waals surface area contributed by atoms with Gasteiger partial charge in [-0.05, 0) is 79.1 Å². The number of nitrogens with one attached hydrogen (secondary N) is 4. The van der Waals surface area contributed by atoms with Crippen molar-refractivity contribution >= 4 is 75.5 Å². The van der Waals surface area contributed by atoms with Gasteiger partial charge in [0.05, 0.1) is 35.1 Å². The Morgan fingerprint density at radius 3 is 2.33 bits per heavy atom. The summed E-state index contributed by atoms with van der Waals surface area (Å²) in [4.78, 5) is 97.3. The minimum atomic E-state index is -1.94. The highest BCUT2D eigenvalue weighted by Crippen LogP contribution is 2.41. The van der Waals surface area contributed by atoms with Crippen molar-refractivity contribution in [3.8, 4) is 17.1 Å². The summed E-state index contributed by atoms with van der Waals surface area (Å²) in [5.74, 6) is -1.34. The molecule has 6 rings (SSSR count). The van der Waals surface area contributed by atoms with Gasteiger partial charge in [0.15, 0.2) is 5.60 Å². The van der Waals surface area contributed by atoms with Gasteiger partial charge in [-0.1, -0.05) is 39.8 Å². The van der Waals surface area contributed by atoms with Crippen LogP contribution in [0.4, 0.5) is 20.1 Å². The van der Waals surface area contributed by atoms with Crippen molar-refractivity contribution in [2.24, 2.45) is 11.7 Å². The maximum absolute atomic E-state index is 13.7. The summed E-state index contributed by atoms with van der Waals surface area (Å²) in [6.07, 6.45) is -0.0377. The van der Waals surface area contributed by atoms with Crippen LogP contribution in [0, 0.1) is 5.92 Å². The molecule has 4 aromatic rings. The van der Waals surface area contributed by atoms with E-state index in [0.717, 1.165) is 16.5 Å². The second-order valence-electron chi connectivity index (χ2n) is 16.8. The monoisotopic (exact) mass is 1040 g/mol. The van der Waals surface area contributed by atoms with Crippen LogP contribution in [-0.4, -0.2) is 106 Å². The Morgan fingerprint density at radius 2 is 1.69 bits per heavy atom. The molecule has 0 bridgehead atoms. The second kappa shape index (κ2) is 21.5. The summed E-state index contributed by atoms with van der Waals surface area (Å²) in [5, 5.41) is 20.1. The largest absolute Gasteiger partial charge is 0.458 e. The number of pyridine rings is 2. The van der Waals surface area contributed by atoms with Gasteiger partial charge in [0.1, 0.15) is 25.0 Å². The first-order valence-corrected chi connectivity index (χ1v) is 23.0. The number of hydrogen-bond donors (Lipinski definition) is 6. The lowest BCUT2D eigenvalue weighted by atomic mass is 9.86. The molecule has 0 aliphatic carbocycles. The van der Waals surface area contributed by atoms with Crippen molar-refractivity contribution in [1.29, 1.82) is 0 Å². The Balaban J connectivity index is 1.01. The fraction of sp³-hybridized carbons (Fsp3) is 0.435. The van der Waals surface area contributed by atoms with Gasteiger partial charge in [-0.2, -0.15) is 0 Å². The molecule has 67 heavy (non-hydrogen) atoms. The fourth-order valence-electron chi connectivity index (χ4n) is 7.96. The summed E-state index contributed by atoms with van der Waals surface area (Å²) >= 11 is 1.90. The van der Waals surface area contributed by atoms with Gasteiger partial charge >= 0.3 is 24.2 Å². The molecule has 3 atom stereocenters. The van der Waals surface area contributed by atoms with Crippen molar-refractivity contribution in [3.05, 3.63) is 86.7 Å². The van der Waals surface area contributed by atoms with Crippen LogP contribution in [0.3, 0.4) is 0 Å². The first-order valence-electron chi connectivity index (χ1n) is 21.9. The molecule has 4 heterocycles. The molecule has 0 saturated heterocycles. The number of fused-ring (bicyclic) bond motifs is 5. The number of likely N-dealkylation sites (N-methyl/N-ethyl adjacent to an activating group) is 2. The predicted octanol–water partition coefficient (Wildman–Crippen LogP) is 4.18. The maximum Gasteiger partial charge on any atom is 0.415 e. The van der Waals surface area contributed by atoms with E-state index in [9.17, 15) is 38.7 Å². The molecular formula is C46H56IN9O11. The van der Waals surface area contributed by atoms with Crippen molar-refractivity contribution < 1.29 is 48.1 Å². The van der Waals surface area contributed by atoms with Gasteiger partial charge in [-0.3, -0.25) is 14.4 Å². The predicted molar refractivity (Wildman–Crippen MR) is 255 cm³/mol. The van der Waals surface area contributed by atoms with Gasteiger partial charge < -0.3 is 55.4 Å². The number of amides is 6. The summed E-state index contributed by atoms with van der Waals surface area (Å²) in [7, 11) is 3.09. The molecule has 0 spiro atoms. The van der Waals surface area contributed by atoms with Crippen molar-refractivity contribution in [3.63, 3.8) is 0 Å². The SMILES string of the molecule is CCc1c2c(nc3ccc(OC(=O)N(C)CCN(C)C(=O)OCc4ccc(NC(=O)[C@H](CCCNC(N)=O)NC(=O)[C@@H](NI)C(C)C)cc4)cc13)-c1cc3c(c(=O)n1C2)COC(=O)[C@]3(O)CC. The number of hydrogen-bond acceptors (Lipinski definition) is 13. The number of nitrogens with zero attached hydrogens (tertiary/aromatic N) is 4. The van der Waals surface area contributed by atoms with E-state index >= 15 is 0 Å². The topological polar surface area (TPSA) is 266 Å². The number of benzene rings is 2. The number of urea groups is 1. The Morgan fingerprint density at radius 1 is 0.985 bits per heavy atom. The molecule has 6 amide bonds.